The Morgan fingerprint density at radius 2 is 1.83 bits per heavy atom. The van der Waals surface area contributed by atoms with E-state index in [1.54, 1.807) is 0 Å². The van der Waals surface area contributed by atoms with Crippen LogP contribution in [-0.2, 0) is 20.9 Å². The quantitative estimate of drug-likeness (QED) is 0.579. The van der Waals surface area contributed by atoms with Crippen LogP contribution in [0.15, 0.2) is 35.4 Å². The molecule has 0 saturated heterocycles. The number of anilines is 1. The molecular formula is C17H16Cl2F3N3O4S. The fraction of sp³-hybridized carbons (Fsp3) is 0.294. The van der Waals surface area contributed by atoms with Crippen LogP contribution >= 0.6 is 23.2 Å². The highest BCUT2D eigenvalue weighted by molar-refractivity contribution is 7.92. The summed E-state index contributed by atoms with van der Waals surface area (Å²) in [6.45, 7) is -0.623. The molecule has 0 N–H and O–H groups in total. The van der Waals surface area contributed by atoms with E-state index < -0.39 is 44.3 Å². The smallest absolute Gasteiger partial charge is 0.363 e. The maximum absolute atomic E-state index is 13.2. The largest absolute Gasteiger partial charge is 0.417 e. The van der Waals surface area contributed by atoms with Gasteiger partial charge in [-0.15, -0.1) is 0 Å². The number of halogens is 5. The number of hydrogen-bond donors (Lipinski definition) is 0. The number of amides is 1. The minimum atomic E-state index is -4.88. The Morgan fingerprint density at radius 3 is 2.37 bits per heavy atom. The van der Waals surface area contributed by atoms with Crippen molar-refractivity contribution in [2.75, 3.05) is 32.2 Å². The van der Waals surface area contributed by atoms with Crippen LogP contribution in [0.2, 0.25) is 10.0 Å². The van der Waals surface area contributed by atoms with E-state index in [4.69, 9.17) is 27.9 Å². The molecule has 7 nitrogen and oxygen atoms in total. The van der Waals surface area contributed by atoms with Crippen molar-refractivity contribution in [2.45, 2.75) is 11.1 Å². The Kier molecular flexibility index (Phi) is 7.23. The molecule has 164 valence electrons. The SMILES string of the molecule is COCN(c1cc(Cl)cnc1C(=O)N(C)C)S(=O)(=O)c1ccc(Cl)c(C(F)(F)F)c1. The van der Waals surface area contributed by atoms with Crippen LogP contribution in [0.25, 0.3) is 0 Å². The summed E-state index contributed by atoms with van der Waals surface area (Å²) in [4.78, 5) is 16.8. The average molecular weight is 486 g/mol. The topological polar surface area (TPSA) is 79.8 Å². The van der Waals surface area contributed by atoms with Crippen LogP contribution in [0.4, 0.5) is 18.9 Å². The first-order chi connectivity index (χ1) is 13.8. The fourth-order valence-electron chi connectivity index (χ4n) is 2.39. The molecule has 30 heavy (non-hydrogen) atoms. The lowest BCUT2D eigenvalue weighted by Gasteiger charge is -2.26. The average Bonchev–Trinajstić information content (AvgIpc) is 2.64. The third-order valence-electron chi connectivity index (χ3n) is 3.79. The van der Waals surface area contributed by atoms with E-state index in [2.05, 4.69) is 4.98 Å². The minimum Gasteiger partial charge on any atom is -0.363 e. The Bertz CT molecular complexity index is 1060. The van der Waals surface area contributed by atoms with Gasteiger partial charge in [0.15, 0.2) is 5.69 Å². The van der Waals surface area contributed by atoms with Crippen molar-refractivity contribution in [1.29, 1.82) is 0 Å². The number of alkyl halides is 3. The molecule has 0 aliphatic carbocycles. The van der Waals surface area contributed by atoms with Crippen LogP contribution in [-0.4, -0.2) is 52.1 Å². The van der Waals surface area contributed by atoms with Crippen molar-refractivity contribution in [3.8, 4) is 0 Å². The molecule has 0 bridgehead atoms. The standard InChI is InChI=1S/C17H16Cl2F3N3O4S/c1-24(2)16(26)15-14(6-10(18)8-23-15)25(9-29-3)30(27,28)11-4-5-13(19)12(7-11)17(20,21)22/h4-8H,9H2,1-3H3. The van der Waals surface area contributed by atoms with E-state index >= 15 is 0 Å². The Labute approximate surface area is 181 Å². The minimum absolute atomic E-state index is 0.00342. The van der Waals surface area contributed by atoms with Gasteiger partial charge in [-0.25, -0.2) is 17.7 Å². The van der Waals surface area contributed by atoms with E-state index in [0.29, 0.717) is 10.4 Å². The Balaban J connectivity index is 2.73. The molecule has 0 aliphatic rings. The maximum atomic E-state index is 13.2. The van der Waals surface area contributed by atoms with Crippen molar-refractivity contribution in [1.82, 2.24) is 9.88 Å². The summed E-state index contributed by atoms with van der Waals surface area (Å²) in [5.41, 5.74) is -1.86. The highest BCUT2D eigenvalue weighted by Gasteiger charge is 2.36. The number of carbonyl (C=O) groups excluding carboxylic acids is 1. The monoisotopic (exact) mass is 485 g/mol. The number of carbonyl (C=O) groups is 1. The van der Waals surface area contributed by atoms with E-state index in [1.807, 2.05) is 0 Å². The predicted molar refractivity (Wildman–Crippen MR) is 105 cm³/mol. The lowest BCUT2D eigenvalue weighted by atomic mass is 10.2. The van der Waals surface area contributed by atoms with Crippen LogP contribution < -0.4 is 4.31 Å². The van der Waals surface area contributed by atoms with Crippen molar-refractivity contribution >= 4 is 44.8 Å². The van der Waals surface area contributed by atoms with Gasteiger partial charge in [-0.05, 0) is 24.3 Å². The van der Waals surface area contributed by atoms with Gasteiger partial charge in [0.25, 0.3) is 15.9 Å². The number of aromatic nitrogens is 1. The Hall–Kier alpha value is -2.08. The van der Waals surface area contributed by atoms with Crippen LogP contribution in [0, 0.1) is 0 Å². The van der Waals surface area contributed by atoms with E-state index in [-0.39, 0.29) is 16.4 Å². The molecule has 0 fully saturated rings. The summed E-state index contributed by atoms with van der Waals surface area (Å²) >= 11 is 11.5. The van der Waals surface area contributed by atoms with E-state index in [1.165, 1.54) is 21.2 Å². The third-order valence-corrected chi connectivity index (χ3v) is 6.06. The van der Waals surface area contributed by atoms with Gasteiger partial charge in [-0.3, -0.25) is 4.79 Å². The lowest BCUT2D eigenvalue weighted by Crippen LogP contribution is -2.36. The summed E-state index contributed by atoms with van der Waals surface area (Å²) in [5, 5.41) is -0.656. The highest BCUT2D eigenvalue weighted by Crippen LogP contribution is 2.37. The van der Waals surface area contributed by atoms with Gasteiger partial charge in [-0.2, -0.15) is 13.2 Å². The molecule has 0 radical (unpaired) electrons. The van der Waals surface area contributed by atoms with Crippen LogP contribution in [0.3, 0.4) is 0 Å². The number of rotatable bonds is 6. The molecule has 1 aromatic heterocycles. The summed E-state index contributed by atoms with van der Waals surface area (Å²) in [7, 11) is -0.610. The summed E-state index contributed by atoms with van der Waals surface area (Å²) in [6, 6.07) is 3.31. The summed E-state index contributed by atoms with van der Waals surface area (Å²) in [6.07, 6.45) is -3.73. The molecule has 0 saturated carbocycles. The second kappa shape index (κ2) is 8.96. The lowest BCUT2D eigenvalue weighted by molar-refractivity contribution is -0.137. The molecule has 2 rings (SSSR count). The first-order valence-corrected chi connectivity index (χ1v) is 10.3. The van der Waals surface area contributed by atoms with Gasteiger partial charge in [-0.1, -0.05) is 23.2 Å². The number of methoxy groups -OCH3 is 1. The molecule has 0 aliphatic heterocycles. The van der Waals surface area contributed by atoms with Gasteiger partial charge in [0, 0.05) is 27.4 Å². The first-order valence-electron chi connectivity index (χ1n) is 8.06. The zero-order valence-corrected chi connectivity index (χ0v) is 18.2. The molecule has 0 atom stereocenters. The Morgan fingerprint density at radius 1 is 1.20 bits per heavy atom. The van der Waals surface area contributed by atoms with Gasteiger partial charge < -0.3 is 9.64 Å². The highest BCUT2D eigenvalue weighted by atomic mass is 35.5. The number of ether oxygens (including phenoxy) is 1. The van der Waals surface area contributed by atoms with Crippen LogP contribution in [0.5, 0.6) is 0 Å². The van der Waals surface area contributed by atoms with Gasteiger partial charge in [0.1, 0.15) is 6.73 Å². The molecular weight excluding hydrogens is 470 g/mol. The zero-order valence-electron chi connectivity index (χ0n) is 15.9. The predicted octanol–water partition coefficient (Wildman–Crippen LogP) is 3.91. The van der Waals surface area contributed by atoms with E-state index in [9.17, 15) is 26.4 Å². The normalized spacial score (nSPS) is 12.0. The number of benzene rings is 1. The van der Waals surface area contributed by atoms with Gasteiger partial charge in [0.05, 0.1) is 26.2 Å². The number of pyridine rings is 1. The second-order valence-corrected chi connectivity index (χ2v) is 8.84. The van der Waals surface area contributed by atoms with Crippen molar-refractivity contribution in [3.63, 3.8) is 0 Å². The number of sulfonamides is 1. The first kappa shape index (κ1) is 24.2. The number of hydrogen-bond acceptors (Lipinski definition) is 5. The summed E-state index contributed by atoms with van der Waals surface area (Å²) < 4.78 is 71.6. The van der Waals surface area contributed by atoms with Crippen LogP contribution in [0.1, 0.15) is 16.1 Å². The van der Waals surface area contributed by atoms with Crippen molar-refractivity contribution in [3.05, 3.63) is 51.8 Å². The summed E-state index contributed by atoms with van der Waals surface area (Å²) in [5.74, 6) is -0.648. The maximum Gasteiger partial charge on any atom is 0.417 e. The molecule has 1 aromatic carbocycles. The fourth-order valence-corrected chi connectivity index (χ4v) is 4.17. The van der Waals surface area contributed by atoms with Crippen molar-refractivity contribution < 1.29 is 31.1 Å². The molecule has 13 heteroatoms. The number of nitrogens with zero attached hydrogens (tertiary/aromatic N) is 3. The van der Waals surface area contributed by atoms with Gasteiger partial charge in [0.2, 0.25) is 0 Å². The molecule has 0 spiro atoms. The molecule has 1 heterocycles. The molecule has 2 aromatic rings. The molecule has 0 unspecified atom stereocenters. The van der Waals surface area contributed by atoms with Gasteiger partial charge >= 0.3 is 6.18 Å². The van der Waals surface area contributed by atoms with Crippen molar-refractivity contribution in [2.24, 2.45) is 0 Å². The third kappa shape index (κ3) is 4.97. The second-order valence-electron chi connectivity index (χ2n) is 6.13. The zero-order chi connectivity index (χ0) is 22.9. The molecule has 1 amide bonds. The van der Waals surface area contributed by atoms with E-state index in [0.717, 1.165) is 29.3 Å².